The van der Waals surface area contributed by atoms with Gasteiger partial charge < -0.3 is 10.4 Å². The molecule has 1 aromatic carbocycles. The molecular formula is C16H15NO4. The number of ketones is 2. The number of carbonyl (C=O) groups is 3. The minimum atomic E-state index is -2.04. The Kier molecular flexibility index (Phi) is 3.86. The number of hydrogen-bond donors (Lipinski definition) is 2. The predicted molar refractivity (Wildman–Crippen MR) is 77.9 cm³/mol. The molecular weight excluding hydrogens is 270 g/mol. The molecule has 5 nitrogen and oxygen atoms in total. The first-order valence-electron chi connectivity index (χ1n) is 6.39. The SMILES string of the molecule is CC1=CC(=O)[C@@](C)(O)C(=O)/C1=C\Nc1ccccc1C=O. The van der Waals surface area contributed by atoms with E-state index in [0.29, 0.717) is 23.1 Å². The third-order valence-electron chi connectivity index (χ3n) is 3.40. The first-order valence-corrected chi connectivity index (χ1v) is 6.39. The van der Waals surface area contributed by atoms with Crippen molar-refractivity contribution < 1.29 is 19.5 Å². The van der Waals surface area contributed by atoms with Gasteiger partial charge in [0, 0.05) is 23.0 Å². The Morgan fingerprint density at radius 1 is 1.24 bits per heavy atom. The molecule has 0 aliphatic heterocycles. The summed E-state index contributed by atoms with van der Waals surface area (Å²) in [6.07, 6.45) is 3.34. The minimum absolute atomic E-state index is 0.209. The third-order valence-corrected chi connectivity index (χ3v) is 3.40. The molecule has 0 radical (unpaired) electrons. The lowest BCUT2D eigenvalue weighted by atomic mass is 9.82. The van der Waals surface area contributed by atoms with E-state index >= 15 is 0 Å². The van der Waals surface area contributed by atoms with Crippen molar-refractivity contribution in [3.8, 4) is 0 Å². The van der Waals surface area contributed by atoms with Crippen molar-refractivity contribution in [2.24, 2.45) is 0 Å². The fraction of sp³-hybridized carbons (Fsp3) is 0.188. The Bertz CT molecular complexity index is 683. The third kappa shape index (κ3) is 2.68. The van der Waals surface area contributed by atoms with Crippen LogP contribution in [0.1, 0.15) is 24.2 Å². The maximum atomic E-state index is 12.2. The van der Waals surface area contributed by atoms with Crippen molar-refractivity contribution >= 4 is 23.5 Å². The summed E-state index contributed by atoms with van der Waals surface area (Å²) in [6.45, 7) is 2.79. The van der Waals surface area contributed by atoms with Crippen LogP contribution in [-0.4, -0.2) is 28.6 Å². The Balaban J connectivity index is 2.37. The van der Waals surface area contributed by atoms with Crippen LogP contribution in [0.15, 0.2) is 47.7 Å². The molecule has 0 saturated carbocycles. The van der Waals surface area contributed by atoms with Crippen LogP contribution in [0.2, 0.25) is 0 Å². The average molecular weight is 285 g/mol. The normalized spacial score (nSPS) is 24.0. The molecule has 0 amide bonds. The van der Waals surface area contributed by atoms with Gasteiger partial charge in [0.2, 0.25) is 5.78 Å². The van der Waals surface area contributed by atoms with Crippen LogP contribution in [0.5, 0.6) is 0 Å². The second kappa shape index (κ2) is 5.46. The standard InChI is InChI=1S/C16H15NO4/c1-10-7-14(19)16(2,21)15(20)12(10)8-17-13-6-4-3-5-11(13)9-18/h3-9,17,21H,1-2H3/b12-8-/t16-/m1/s1. The van der Waals surface area contributed by atoms with E-state index in [-0.39, 0.29) is 5.57 Å². The van der Waals surface area contributed by atoms with Gasteiger partial charge in [-0.2, -0.15) is 0 Å². The molecule has 108 valence electrons. The van der Waals surface area contributed by atoms with Crippen molar-refractivity contribution in [3.05, 3.63) is 53.3 Å². The average Bonchev–Trinajstić information content (AvgIpc) is 2.46. The van der Waals surface area contributed by atoms with Crippen LogP contribution in [-0.2, 0) is 9.59 Å². The lowest BCUT2D eigenvalue weighted by Crippen LogP contribution is -2.46. The van der Waals surface area contributed by atoms with E-state index in [0.717, 1.165) is 0 Å². The van der Waals surface area contributed by atoms with Crippen molar-refractivity contribution in [2.75, 3.05) is 5.32 Å². The molecule has 2 rings (SSSR count). The van der Waals surface area contributed by atoms with Crippen LogP contribution >= 0.6 is 0 Å². The van der Waals surface area contributed by atoms with E-state index < -0.39 is 17.2 Å². The smallest absolute Gasteiger partial charge is 0.203 e. The first-order chi connectivity index (χ1) is 9.87. The van der Waals surface area contributed by atoms with Crippen molar-refractivity contribution in [2.45, 2.75) is 19.4 Å². The molecule has 0 aromatic heterocycles. The Hall–Kier alpha value is -2.53. The molecule has 1 aliphatic rings. The van der Waals surface area contributed by atoms with Gasteiger partial charge in [0.15, 0.2) is 17.7 Å². The maximum absolute atomic E-state index is 12.2. The Labute approximate surface area is 122 Å². The molecule has 1 aromatic rings. The highest BCUT2D eigenvalue weighted by Gasteiger charge is 2.42. The molecule has 21 heavy (non-hydrogen) atoms. The molecule has 2 N–H and O–H groups in total. The van der Waals surface area contributed by atoms with Gasteiger partial charge in [-0.05, 0) is 37.6 Å². The molecule has 1 aliphatic carbocycles. The van der Waals surface area contributed by atoms with Crippen molar-refractivity contribution in [1.29, 1.82) is 0 Å². The molecule has 0 heterocycles. The van der Waals surface area contributed by atoms with Crippen LogP contribution < -0.4 is 5.32 Å². The molecule has 0 unspecified atom stereocenters. The Morgan fingerprint density at radius 2 is 1.90 bits per heavy atom. The van der Waals surface area contributed by atoms with E-state index in [2.05, 4.69) is 5.32 Å². The summed E-state index contributed by atoms with van der Waals surface area (Å²) < 4.78 is 0. The maximum Gasteiger partial charge on any atom is 0.203 e. The summed E-state index contributed by atoms with van der Waals surface area (Å²) in [5.41, 5.74) is -0.385. The number of aliphatic hydroxyl groups is 1. The van der Waals surface area contributed by atoms with Crippen molar-refractivity contribution in [1.82, 2.24) is 0 Å². The van der Waals surface area contributed by atoms with Crippen molar-refractivity contribution in [3.63, 3.8) is 0 Å². The van der Waals surface area contributed by atoms with Gasteiger partial charge in [-0.15, -0.1) is 0 Å². The molecule has 5 heteroatoms. The monoisotopic (exact) mass is 285 g/mol. The van der Waals surface area contributed by atoms with Gasteiger partial charge >= 0.3 is 0 Å². The summed E-state index contributed by atoms with van der Waals surface area (Å²) >= 11 is 0. The largest absolute Gasteiger partial charge is 0.374 e. The number of aldehydes is 1. The summed E-state index contributed by atoms with van der Waals surface area (Å²) in [6, 6.07) is 6.80. The van der Waals surface area contributed by atoms with Gasteiger partial charge in [-0.25, -0.2) is 0 Å². The fourth-order valence-corrected chi connectivity index (χ4v) is 2.03. The van der Waals surface area contributed by atoms with Gasteiger partial charge in [-0.3, -0.25) is 14.4 Å². The number of rotatable bonds is 3. The van der Waals surface area contributed by atoms with Gasteiger partial charge in [0.25, 0.3) is 0 Å². The molecule has 1 atom stereocenters. The molecule has 0 fully saturated rings. The number of anilines is 1. The summed E-state index contributed by atoms with van der Waals surface area (Å²) in [4.78, 5) is 34.7. The zero-order chi connectivity index (χ0) is 15.6. The number of allylic oxidation sites excluding steroid dienone is 1. The number of para-hydroxylation sites is 1. The van der Waals surface area contributed by atoms with Crippen LogP contribution in [0.3, 0.4) is 0 Å². The molecule has 0 spiro atoms. The minimum Gasteiger partial charge on any atom is -0.374 e. The summed E-state index contributed by atoms with van der Waals surface area (Å²) in [5.74, 6) is -1.29. The second-order valence-corrected chi connectivity index (χ2v) is 5.00. The zero-order valence-corrected chi connectivity index (χ0v) is 11.7. The van der Waals surface area contributed by atoms with Gasteiger partial charge in [-0.1, -0.05) is 12.1 Å². The number of benzene rings is 1. The first kappa shape index (κ1) is 14.9. The highest BCUT2D eigenvalue weighted by molar-refractivity contribution is 6.25. The highest BCUT2D eigenvalue weighted by atomic mass is 16.3. The highest BCUT2D eigenvalue weighted by Crippen LogP contribution is 2.26. The van der Waals surface area contributed by atoms with E-state index in [1.165, 1.54) is 19.2 Å². The van der Waals surface area contributed by atoms with E-state index in [1.807, 2.05) is 0 Å². The second-order valence-electron chi connectivity index (χ2n) is 5.00. The van der Waals surface area contributed by atoms with Crippen LogP contribution in [0.4, 0.5) is 5.69 Å². The lowest BCUT2D eigenvalue weighted by Gasteiger charge is -2.25. The quantitative estimate of drug-likeness (QED) is 0.501. The number of hydrogen-bond acceptors (Lipinski definition) is 5. The van der Waals surface area contributed by atoms with E-state index in [9.17, 15) is 19.5 Å². The van der Waals surface area contributed by atoms with Crippen LogP contribution in [0, 0.1) is 0 Å². The summed E-state index contributed by atoms with van der Waals surface area (Å²) in [7, 11) is 0. The number of nitrogens with one attached hydrogen (secondary N) is 1. The fourth-order valence-electron chi connectivity index (χ4n) is 2.03. The zero-order valence-electron chi connectivity index (χ0n) is 11.7. The van der Waals surface area contributed by atoms with Crippen LogP contribution in [0.25, 0.3) is 0 Å². The van der Waals surface area contributed by atoms with Gasteiger partial charge in [0.05, 0.1) is 0 Å². The lowest BCUT2D eigenvalue weighted by molar-refractivity contribution is -0.144. The Morgan fingerprint density at radius 3 is 2.57 bits per heavy atom. The molecule has 0 saturated heterocycles. The van der Waals surface area contributed by atoms with Gasteiger partial charge in [0.1, 0.15) is 0 Å². The number of Topliss-reactive ketones (excluding diaryl/α,β-unsaturated/α-hetero) is 1. The number of carbonyl (C=O) groups excluding carboxylic acids is 3. The van der Waals surface area contributed by atoms with E-state index in [1.54, 1.807) is 31.2 Å². The predicted octanol–water partition coefficient (Wildman–Crippen LogP) is 1.64. The van der Waals surface area contributed by atoms with E-state index in [4.69, 9.17) is 0 Å². The topological polar surface area (TPSA) is 83.5 Å². The summed E-state index contributed by atoms with van der Waals surface area (Å²) in [5, 5.41) is 12.8. The molecule has 0 bridgehead atoms.